The number of carbonyl (C=O) groups excluding carboxylic acids is 2. The topological polar surface area (TPSA) is 92.8 Å². The van der Waals surface area contributed by atoms with E-state index >= 15 is 0 Å². The first-order chi connectivity index (χ1) is 9.29. The Labute approximate surface area is 119 Å². The van der Waals surface area contributed by atoms with E-state index in [4.69, 9.17) is 0 Å². The van der Waals surface area contributed by atoms with Crippen molar-refractivity contribution in [2.45, 2.75) is 32.2 Å². The molecule has 1 heterocycles. The zero-order chi connectivity index (χ0) is 15.3. The molecule has 20 heavy (non-hydrogen) atoms. The van der Waals surface area contributed by atoms with Crippen molar-refractivity contribution in [3.05, 3.63) is 0 Å². The highest BCUT2D eigenvalue weighted by Gasteiger charge is 2.33. The fourth-order valence-electron chi connectivity index (χ4n) is 2.41. The minimum absolute atomic E-state index is 0.0560. The van der Waals surface area contributed by atoms with Crippen LogP contribution in [0.4, 0.5) is 4.79 Å². The van der Waals surface area contributed by atoms with Crippen LogP contribution in [0, 0.1) is 5.92 Å². The summed E-state index contributed by atoms with van der Waals surface area (Å²) in [7, 11) is -1.95. The first kappa shape index (κ1) is 16.9. The Hall–Kier alpha value is -1.15. The number of ketones is 1. The molecule has 0 radical (unpaired) electrons. The lowest BCUT2D eigenvalue weighted by molar-refractivity contribution is -0.122. The van der Waals surface area contributed by atoms with Crippen molar-refractivity contribution in [2.75, 3.05) is 26.5 Å². The van der Waals surface area contributed by atoms with Crippen LogP contribution < -0.4 is 5.32 Å². The number of Topliss-reactive ketones (excluding diaryl/α,β-unsaturated/α-hetero) is 1. The zero-order valence-electron chi connectivity index (χ0n) is 12.1. The molecule has 8 heteroatoms. The molecule has 1 saturated heterocycles. The van der Waals surface area contributed by atoms with Crippen molar-refractivity contribution in [3.63, 3.8) is 0 Å². The molecule has 1 N–H and O–H groups in total. The summed E-state index contributed by atoms with van der Waals surface area (Å²) >= 11 is 0. The van der Waals surface area contributed by atoms with Gasteiger partial charge in [-0.15, -0.1) is 0 Å². The number of sulfonamides is 1. The van der Waals surface area contributed by atoms with Gasteiger partial charge in [0, 0.05) is 19.5 Å². The van der Waals surface area contributed by atoms with E-state index in [9.17, 15) is 18.0 Å². The third-order valence-corrected chi connectivity index (χ3v) is 4.90. The number of piperidine rings is 1. The fraction of sp³-hybridized carbons (Fsp3) is 0.833. The van der Waals surface area contributed by atoms with Crippen molar-refractivity contribution in [1.82, 2.24) is 9.62 Å². The first-order valence-corrected chi connectivity index (χ1v) is 8.46. The predicted octanol–water partition coefficient (Wildman–Crippen LogP) is 0.362. The summed E-state index contributed by atoms with van der Waals surface area (Å²) < 4.78 is 28.8. The van der Waals surface area contributed by atoms with Crippen molar-refractivity contribution < 1.29 is 22.7 Å². The van der Waals surface area contributed by atoms with Gasteiger partial charge in [-0.05, 0) is 18.8 Å². The molecule has 1 aliphatic heterocycles. The van der Waals surface area contributed by atoms with Crippen LogP contribution in [-0.2, 0) is 19.6 Å². The molecular formula is C12H22N2O5S. The van der Waals surface area contributed by atoms with E-state index in [0.29, 0.717) is 32.4 Å². The average Bonchev–Trinajstić information content (AvgIpc) is 2.42. The van der Waals surface area contributed by atoms with Crippen LogP contribution in [0.5, 0.6) is 0 Å². The third kappa shape index (κ3) is 4.45. The number of methoxy groups -OCH3 is 1. The number of amides is 1. The van der Waals surface area contributed by atoms with Crippen LogP contribution in [0.3, 0.4) is 0 Å². The third-order valence-electron chi connectivity index (χ3n) is 3.59. The van der Waals surface area contributed by atoms with E-state index in [1.165, 1.54) is 17.7 Å². The summed E-state index contributed by atoms with van der Waals surface area (Å²) in [6, 6.07) is -0.603. The van der Waals surface area contributed by atoms with E-state index in [2.05, 4.69) is 10.1 Å². The quantitative estimate of drug-likeness (QED) is 0.791. The zero-order valence-corrected chi connectivity index (χ0v) is 12.9. The van der Waals surface area contributed by atoms with E-state index in [1.807, 2.05) is 0 Å². The minimum atomic E-state index is -3.19. The molecule has 1 rings (SSSR count). The van der Waals surface area contributed by atoms with Gasteiger partial charge >= 0.3 is 6.09 Å². The Kier molecular flexibility index (Phi) is 5.94. The minimum Gasteiger partial charge on any atom is -0.453 e. The number of nitrogens with zero attached hydrogens (tertiary/aromatic N) is 1. The van der Waals surface area contributed by atoms with E-state index in [1.54, 1.807) is 6.92 Å². The molecule has 0 saturated carbocycles. The molecule has 0 unspecified atom stereocenters. The van der Waals surface area contributed by atoms with Crippen molar-refractivity contribution in [3.8, 4) is 0 Å². The van der Waals surface area contributed by atoms with Gasteiger partial charge < -0.3 is 10.1 Å². The Morgan fingerprint density at radius 3 is 2.30 bits per heavy atom. The van der Waals surface area contributed by atoms with Crippen LogP contribution in [0.25, 0.3) is 0 Å². The summed E-state index contributed by atoms with van der Waals surface area (Å²) in [5, 5.41) is 2.56. The van der Waals surface area contributed by atoms with Crippen molar-refractivity contribution >= 4 is 21.9 Å². The smallest absolute Gasteiger partial charge is 0.407 e. The number of hydrogen-bond donors (Lipinski definition) is 1. The Morgan fingerprint density at radius 1 is 1.35 bits per heavy atom. The molecule has 0 aliphatic carbocycles. The van der Waals surface area contributed by atoms with Gasteiger partial charge in [0.05, 0.1) is 19.4 Å². The summed E-state index contributed by atoms with van der Waals surface area (Å²) in [6.07, 6.45) is 1.96. The molecular weight excluding hydrogens is 284 g/mol. The summed E-state index contributed by atoms with van der Waals surface area (Å²) in [5.41, 5.74) is 0. The second kappa shape index (κ2) is 7.03. The summed E-state index contributed by atoms with van der Waals surface area (Å²) in [5.74, 6) is -0.118. The molecule has 116 valence electrons. The Bertz CT molecular complexity index is 454. The highest BCUT2D eigenvalue weighted by Crippen LogP contribution is 2.23. The van der Waals surface area contributed by atoms with E-state index in [0.717, 1.165) is 0 Å². The lowest BCUT2D eigenvalue weighted by Crippen LogP contribution is -2.50. The predicted molar refractivity (Wildman–Crippen MR) is 73.8 cm³/mol. The first-order valence-electron chi connectivity index (χ1n) is 6.62. The number of carbonyl (C=O) groups is 2. The van der Waals surface area contributed by atoms with Crippen LogP contribution in [0.15, 0.2) is 0 Å². The molecule has 1 aliphatic rings. The van der Waals surface area contributed by atoms with Crippen LogP contribution >= 0.6 is 0 Å². The standard InChI is InChI=1S/C12H22N2O5S/c1-4-10(15)11(13-12(16)19-2)9-5-7-14(8-6-9)20(3,17)18/h9,11H,4-8H2,1-3H3,(H,13,16)/t11-/m0/s1. The van der Waals surface area contributed by atoms with Gasteiger partial charge in [-0.1, -0.05) is 6.92 Å². The van der Waals surface area contributed by atoms with E-state index in [-0.39, 0.29) is 11.7 Å². The summed E-state index contributed by atoms with van der Waals surface area (Å²) in [4.78, 5) is 23.3. The average molecular weight is 306 g/mol. The molecule has 0 bridgehead atoms. The second-order valence-electron chi connectivity index (χ2n) is 4.93. The van der Waals surface area contributed by atoms with Crippen molar-refractivity contribution in [2.24, 2.45) is 5.92 Å². The maximum atomic E-state index is 11.9. The molecule has 0 aromatic heterocycles. The van der Waals surface area contributed by atoms with Gasteiger partial charge in [0.25, 0.3) is 0 Å². The SMILES string of the molecule is CCC(=O)[C@@H](NC(=O)OC)C1CCN(S(C)(=O)=O)CC1. The molecule has 0 aromatic rings. The highest BCUT2D eigenvalue weighted by molar-refractivity contribution is 7.88. The van der Waals surface area contributed by atoms with Gasteiger partial charge in [0.15, 0.2) is 5.78 Å². The largest absolute Gasteiger partial charge is 0.453 e. The Morgan fingerprint density at radius 2 is 1.90 bits per heavy atom. The second-order valence-corrected chi connectivity index (χ2v) is 6.92. The normalized spacial score (nSPS) is 19.4. The van der Waals surface area contributed by atoms with Gasteiger partial charge in [-0.2, -0.15) is 0 Å². The molecule has 1 amide bonds. The number of nitrogens with one attached hydrogen (secondary N) is 1. The molecule has 1 atom stereocenters. The monoisotopic (exact) mass is 306 g/mol. The van der Waals surface area contributed by atoms with E-state index < -0.39 is 22.2 Å². The van der Waals surface area contributed by atoms with Crippen LogP contribution in [-0.4, -0.2) is 57.1 Å². The lowest BCUT2D eigenvalue weighted by atomic mass is 9.87. The maximum absolute atomic E-state index is 11.9. The lowest BCUT2D eigenvalue weighted by Gasteiger charge is -2.34. The number of ether oxygens (including phenoxy) is 1. The maximum Gasteiger partial charge on any atom is 0.407 e. The van der Waals surface area contributed by atoms with Crippen molar-refractivity contribution in [1.29, 1.82) is 0 Å². The number of rotatable bonds is 5. The van der Waals surface area contributed by atoms with Gasteiger partial charge in [-0.3, -0.25) is 4.79 Å². The Balaban J connectivity index is 2.70. The number of alkyl carbamates (subject to hydrolysis) is 1. The number of hydrogen-bond acceptors (Lipinski definition) is 5. The molecule has 7 nitrogen and oxygen atoms in total. The molecule has 0 aromatic carbocycles. The van der Waals surface area contributed by atoms with Crippen LogP contribution in [0.2, 0.25) is 0 Å². The molecule has 1 fully saturated rings. The van der Waals surface area contributed by atoms with Crippen LogP contribution in [0.1, 0.15) is 26.2 Å². The fourth-order valence-corrected chi connectivity index (χ4v) is 3.28. The van der Waals surface area contributed by atoms with Gasteiger partial charge in [0.1, 0.15) is 0 Å². The molecule has 0 spiro atoms. The summed E-state index contributed by atoms with van der Waals surface area (Å²) in [6.45, 7) is 2.49. The van der Waals surface area contributed by atoms with Gasteiger partial charge in [0.2, 0.25) is 10.0 Å². The van der Waals surface area contributed by atoms with Gasteiger partial charge in [-0.25, -0.2) is 17.5 Å². The highest BCUT2D eigenvalue weighted by atomic mass is 32.2.